The van der Waals surface area contributed by atoms with E-state index in [0.717, 1.165) is 15.2 Å². The molecule has 0 saturated heterocycles. The zero-order chi connectivity index (χ0) is 19.1. The molecule has 0 fully saturated rings. The number of nitrogens with zero attached hydrogens (tertiary/aromatic N) is 2. The van der Waals surface area contributed by atoms with E-state index in [0.29, 0.717) is 24.6 Å². The predicted molar refractivity (Wildman–Crippen MR) is 119 cm³/mol. The van der Waals surface area contributed by atoms with Crippen molar-refractivity contribution in [2.45, 2.75) is 40.5 Å². The zero-order valence-electron chi connectivity index (χ0n) is 15.2. The molecule has 0 aliphatic rings. The normalized spacial score (nSPS) is 11.3. The van der Waals surface area contributed by atoms with E-state index in [1.807, 2.05) is 20.8 Å². The first-order chi connectivity index (χ1) is 12.4. The number of rotatable bonds is 7. The van der Waals surface area contributed by atoms with Gasteiger partial charge in [0, 0.05) is 21.5 Å². The lowest BCUT2D eigenvalue weighted by Crippen LogP contribution is -2.36. The van der Waals surface area contributed by atoms with E-state index in [1.54, 1.807) is 23.5 Å². The molecule has 0 radical (unpaired) electrons. The summed E-state index contributed by atoms with van der Waals surface area (Å²) in [5.74, 6) is 0.704. The third-order valence-electron chi connectivity index (χ3n) is 3.47. The van der Waals surface area contributed by atoms with Crippen molar-refractivity contribution >= 4 is 57.2 Å². The van der Waals surface area contributed by atoms with Gasteiger partial charge in [0.05, 0.1) is 18.8 Å². The van der Waals surface area contributed by atoms with Crippen LogP contribution in [0.25, 0.3) is 0 Å². The molecule has 1 aromatic heterocycles. The van der Waals surface area contributed by atoms with Crippen molar-refractivity contribution in [1.82, 2.24) is 15.6 Å². The van der Waals surface area contributed by atoms with Gasteiger partial charge in [-0.2, -0.15) is 8.78 Å². The number of hydrogen-bond donors (Lipinski definition) is 2. The Morgan fingerprint density at radius 3 is 2.67 bits per heavy atom. The van der Waals surface area contributed by atoms with Crippen molar-refractivity contribution in [1.29, 1.82) is 0 Å². The highest BCUT2D eigenvalue weighted by Gasteiger charge is 2.11. The summed E-state index contributed by atoms with van der Waals surface area (Å²) in [5.41, 5.74) is 1.59. The fourth-order valence-corrected chi connectivity index (χ4v) is 3.44. The van der Waals surface area contributed by atoms with Gasteiger partial charge in [-0.15, -0.1) is 35.3 Å². The molecule has 0 saturated carbocycles. The molecule has 0 spiro atoms. The highest BCUT2D eigenvalue weighted by atomic mass is 127. The molecular formula is C17H22BrF2IN4OS. The molecule has 1 heterocycles. The Hall–Kier alpha value is -1.01. The van der Waals surface area contributed by atoms with Crippen molar-refractivity contribution in [3.05, 3.63) is 43.8 Å². The minimum Gasteiger partial charge on any atom is -0.434 e. The average molecular weight is 575 g/mol. The number of alkyl halides is 2. The van der Waals surface area contributed by atoms with Crippen LogP contribution in [0.1, 0.15) is 28.1 Å². The van der Waals surface area contributed by atoms with E-state index in [-0.39, 0.29) is 36.3 Å². The van der Waals surface area contributed by atoms with Crippen molar-refractivity contribution in [3.63, 3.8) is 0 Å². The third kappa shape index (κ3) is 7.86. The van der Waals surface area contributed by atoms with Crippen LogP contribution >= 0.6 is 51.2 Å². The van der Waals surface area contributed by atoms with E-state index in [2.05, 4.69) is 41.3 Å². The SMILES string of the molecule is CCNC(=NCc1cc(Br)ccc1OC(F)F)NCc1nc(C)c(C)s1.I. The fourth-order valence-electron chi connectivity index (χ4n) is 2.16. The number of nitrogens with one attached hydrogen (secondary N) is 2. The van der Waals surface area contributed by atoms with Crippen LogP contribution < -0.4 is 15.4 Å². The van der Waals surface area contributed by atoms with Crippen LogP contribution in [0.4, 0.5) is 8.78 Å². The molecule has 2 rings (SSSR count). The molecule has 1 aromatic carbocycles. The maximum absolute atomic E-state index is 12.6. The van der Waals surface area contributed by atoms with Crippen LogP contribution in [0.15, 0.2) is 27.7 Å². The Morgan fingerprint density at radius 2 is 2.07 bits per heavy atom. The number of aromatic nitrogens is 1. The lowest BCUT2D eigenvalue weighted by Gasteiger charge is -2.12. The summed E-state index contributed by atoms with van der Waals surface area (Å²) in [6, 6.07) is 4.88. The first-order valence-electron chi connectivity index (χ1n) is 8.07. The third-order valence-corrected chi connectivity index (χ3v) is 5.04. The van der Waals surface area contributed by atoms with Crippen LogP contribution in [0.3, 0.4) is 0 Å². The maximum Gasteiger partial charge on any atom is 0.387 e. The van der Waals surface area contributed by atoms with Gasteiger partial charge in [0.2, 0.25) is 0 Å². The Kier molecular flexibility index (Phi) is 10.5. The first kappa shape index (κ1) is 24.0. The molecule has 0 aliphatic carbocycles. The Bertz CT molecular complexity index is 754. The molecule has 0 atom stereocenters. The number of thiazole rings is 1. The number of guanidine groups is 1. The summed E-state index contributed by atoms with van der Waals surface area (Å²) in [7, 11) is 0. The second kappa shape index (κ2) is 11.7. The molecular weight excluding hydrogens is 553 g/mol. The number of aliphatic imine (C=N–C) groups is 1. The fraction of sp³-hybridized carbons (Fsp3) is 0.412. The van der Waals surface area contributed by atoms with Crippen LogP contribution in [0.2, 0.25) is 0 Å². The number of hydrogen-bond acceptors (Lipinski definition) is 4. The summed E-state index contributed by atoms with van der Waals surface area (Å²) < 4.78 is 30.5. The van der Waals surface area contributed by atoms with Gasteiger partial charge in [-0.1, -0.05) is 15.9 Å². The Labute approximate surface area is 187 Å². The smallest absolute Gasteiger partial charge is 0.387 e. The van der Waals surface area contributed by atoms with Crippen LogP contribution in [0.5, 0.6) is 5.75 Å². The van der Waals surface area contributed by atoms with Gasteiger partial charge in [-0.3, -0.25) is 0 Å². The lowest BCUT2D eigenvalue weighted by molar-refractivity contribution is -0.0504. The van der Waals surface area contributed by atoms with Crippen molar-refractivity contribution in [2.75, 3.05) is 6.54 Å². The minimum absolute atomic E-state index is 0. The van der Waals surface area contributed by atoms with Crippen molar-refractivity contribution in [2.24, 2.45) is 4.99 Å². The second-order valence-corrected chi connectivity index (χ2v) is 7.63. The van der Waals surface area contributed by atoms with E-state index in [1.165, 1.54) is 10.9 Å². The molecule has 5 nitrogen and oxygen atoms in total. The van der Waals surface area contributed by atoms with E-state index >= 15 is 0 Å². The number of benzene rings is 1. The van der Waals surface area contributed by atoms with Crippen LogP contribution in [-0.4, -0.2) is 24.1 Å². The van der Waals surface area contributed by atoms with E-state index in [4.69, 9.17) is 0 Å². The summed E-state index contributed by atoms with van der Waals surface area (Å²) in [6.45, 7) is 4.53. The molecule has 0 aliphatic heterocycles. The molecule has 150 valence electrons. The van der Waals surface area contributed by atoms with E-state index in [9.17, 15) is 8.78 Å². The first-order valence-corrected chi connectivity index (χ1v) is 9.68. The molecule has 10 heteroatoms. The van der Waals surface area contributed by atoms with Crippen LogP contribution in [0, 0.1) is 13.8 Å². The largest absolute Gasteiger partial charge is 0.434 e. The molecule has 0 bridgehead atoms. The number of ether oxygens (including phenoxy) is 1. The van der Waals surface area contributed by atoms with Gasteiger partial charge < -0.3 is 15.4 Å². The zero-order valence-corrected chi connectivity index (χ0v) is 19.9. The number of aryl methyl sites for hydroxylation is 2. The molecule has 2 aromatic rings. The van der Waals surface area contributed by atoms with Crippen molar-refractivity contribution < 1.29 is 13.5 Å². The number of halogens is 4. The molecule has 0 unspecified atom stereocenters. The average Bonchev–Trinajstić information content (AvgIpc) is 2.90. The van der Waals surface area contributed by atoms with Gasteiger partial charge in [-0.25, -0.2) is 9.98 Å². The monoisotopic (exact) mass is 574 g/mol. The Morgan fingerprint density at radius 1 is 1.33 bits per heavy atom. The molecule has 27 heavy (non-hydrogen) atoms. The highest BCUT2D eigenvalue weighted by Crippen LogP contribution is 2.25. The van der Waals surface area contributed by atoms with Gasteiger partial charge in [0.25, 0.3) is 0 Å². The van der Waals surface area contributed by atoms with Gasteiger partial charge in [0.15, 0.2) is 5.96 Å². The predicted octanol–water partition coefficient (Wildman–Crippen LogP) is 5.00. The summed E-state index contributed by atoms with van der Waals surface area (Å²) in [5, 5.41) is 7.31. The Balaban J connectivity index is 0.00000364. The topological polar surface area (TPSA) is 58.5 Å². The lowest BCUT2D eigenvalue weighted by atomic mass is 10.2. The molecule has 0 amide bonds. The second-order valence-electron chi connectivity index (χ2n) is 5.43. The highest BCUT2D eigenvalue weighted by molar-refractivity contribution is 14.0. The van der Waals surface area contributed by atoms with Gasteiger partial charge in [-0.05, 0) is 39.0 Å². The molecule has 2 N–H and O–H groups in total. The maximum atomic E-state index is 12.6. The van der Waals surface area contributed by atoms with Gasteiger partial charge in [0.1, 0.15) is 10.8 Å². The summed E-state index contributed by atoms with van der Waals surface area (Å²) >= 11 is 4.98. The van der Waals surface area contributed by atoms with E-state index < -0.39 is 6.61 Å². The summed E-state index contributed by atoms with van der Waals surface area (Å²) in [4.78, 5) is 10.1. The minimum atomic E-state index is -2.87. The van der Waals surface area contributed by atoms with Crippen LogP contribution in [-0.2, 0) is 13.1 Å². The quantitative estimate of drug-likeness (QED) is 0.278. The van der Waals surface area contributed by atoms with Gasteiger partial charge >= 0.3 is 6.61 Å². The van der Waals surface area contributed by atoms with Crippen molar-refractivity contribution in [3.8, 4) is 5.75 Å². The standard InChI is InChI=1S/C17H21BrF2N4OS.HI/c1-4-21-17(23-9-15-24-10(2)11(3)26-15)22-8-12-7-13(18)5-6-14(12)25-16(19)20;/h5-7,16H,4,8-9H2,1-3H3,(H2,21,22,23);1H. The summed E-state index contributed by atoms with van der Waals surface area (Å²) in [6.07, 6.45) is 0.